The summed E-state index contributed by atoms with van der Waals surface area (Å²) in [6, 6.07) is 0. The van der Waals surface area contributed by atoms with Crippen molar-refractivity contribution in [1.29, 1.82) is 0 Å². The Kier molecular flexibility index (Phi) is 1.85. The van der Waals surface area contributed by atoms with Gasteiger partial charge in [0.05, 0.1) is 14.2 Å². The predicted molar refractivity (Wildman–Crippen MR) is 38.5 cm³/mol. The highest BCUT2D eigenvalue weighted by Crippen LogP contribution is 2.26. The SMILES string of the molecule is COc1cn(C)cc1OC. The van der Waals surface area contributed by atoms with E-state index in [4.69, 9.17) is 9.47 Å². The topological polar surface area (TPSA) is 23.4 Å². The first-order valence-electron chi connectivity index (χ1n) is 3.02. The summed E-state index contributed by atoms with van der Waals surface area (Å²) < 4.78 is 11.9. The van der Waals surface area contributed by atoms with Crippen LogP contribution in [0.25, 0.3) is 0 Å². The van der Waals surface area contributed by atoms with Gasteiger partial charge in [0.25, 0.3) is 0 Å². The van der Waals surface area contributed by atoms with Gasteiger partial charge in [-0.1, -0.05) is 0 Å². The molecule has 0 fully saturated rings. The van der Waals surface area contributed by atoms with E-state index in [0.717, 1.165) is 11.5 Å². The van der Waals surface area contributed by atoms with Crippen LogP contribution in [0.15, 0.2) is 12.4 Å². The summed E-state index contributed by atoms with van der Waals surface area (Å²) in [5.41, 5.74) is 0. The summed E-state index contributed by atoms with van der Waals surface area (Å²) in [6.07, 6.45) is 3.72. The Balaban J connectivity index is 2.96. The predicted octanol–water partition coefficient (Wildman–Crippen LogP) is 1.04. The minimum absolute atomic E-state index is 0.769. The third kappa shape index (κ3) is 1.07. The van der Waals surface area contributed by atoms with E-state index in [9.17, 15) is 0 Å². The molecule has 0 bridgehead atoms. The van der Waals surface area contributed by atoms with Crippen LogP contribution in [0, 0.1) is 0 Å². The van der Waals surface area contributed by atoms with Crippen LogP contribution in [0.3, 0.4) is 0 Å². The number of rotatable bonds is 2. The number of hydrogen-bond acceptors (Lipinski definition) is 2. The molecule has 0 aromatic carbocycles. The Morgan fingerprint density at radius 3 is 1.80 bits per heavy atom. The van der Waals surface area contributed by atoms with E-state index in [1.807, 2.05) is 24.0 Å². The van der Waals surface area contributed by atoms with Gasteiger partial charge in [-0.25, -0.2) is 0 Å². The van der Waals surface area contributed by atoms with Crippen molar-refractivity contribution in [3.63, 3.8) is 0 Å². The molecule has 0 aliphatic carbocycles. The Morgan fingerprint density at radius 1 is 1.10 bits per heavy atom. The van der Waals surface area contributed by atoms with Gasteiger partial charge in [-0.15, -0.1) is 0 Å². The number of methoxy groups -OCH3 is 2. The lowest BCUT2D eigenvalue weighted by atomic mass is 10.5. The molecule has 56 valence electrons. The molecule has 0 saturated carbocycles. The van der Waals surface area contributed by atoms with E-state index in [2.05, 4.69) is 0 Å². The second kappa shape index (κ2) is 2.64. The van der Waals surface area contributed by atoms with Gasteiger partial charge in [-0.2, -0.15) is 0 Å². The van der Waals surface area contributed by atoms with Crippen molar-refractivity contribution in [3.05, 3.63) is 12.4 Å². The average Bonchev–Trinajstić information content (AvgIpc) is 2.30. The highest BCUT2D eigenvalue weighted by molar-refractivity contribution is 5.37. The van der Waals surface area contributed by atoms with E-state index >= 15 is 0 Å². The van der Waals surface area contributed by atoms with Gasteiger partial charge in [0.1, 0.15) is 0 Å². The molecule has 1 aromatic rings. The van der Waals surface area contributed by atoms with Gasteiger partial charge >= 0.3 is 0 Å². The largest absolute Gasteiger partial charge is 0.491 e. The molecule has 1 rings (SSSR count). The summed E-state index contributed by atoms with van der Waals surface area (Å²) >= 11 is 0. The van der Waals surface area contributed by atoms with Crippen LogP contribution in [0.4, 0.5) is 0 Å². The smallest absolute Gasteiger partial charge is 0.178 e. The highest BCUT2D eigenvalue weighted by atomic mass is 16.5. The average molecular weight is 141 g/mol. The Hall–Kier alpha value is -1.12. The lowest BCUT2D eigenvalue weighted by Gasteiger charge is -1.97. The van der Waals surface area contributed by atoms with Gasteiger partial charge in [0.2, 0.25) is 0 Å². The summed E-state index contributed by atoms with van der Waals surface area (Å²) in [7, 11) is 5.17. The second-order valence-electron chi connectivity index (χ2n) is 2.06. The molecule has 10 heavy (non-hydrogen) atoms. The van der Waals surface area contributed by atoms with Gasteiger partial charge in [0.15, 0.2) is 11.5 Å². The quantitative estimate of drug-likeness (QED) is 0.614. The molecule has 0 unspecified atom stereocenters. The first kappa shape index (κ1) is 6.99. The third-order valence-corrected chi connectivity index (χ3v) is 1.32. The highest BCUT2D eigenvalue weighted by Gasteiger charge is 2.03. The zero-order valence-electron chi connectivity index (χ0n) is 6.42. The zero-order chi connectivity index (χ0) is 7.56. The molecule has 0 atom stereocenters. The van der Waals surface area contributed by atoms with Crippen LogP contribution in [0.2, 0.25) is 0 Å². The van der Waals surface area contributed by atoms with Crippen molar-refractivity contribution in [1.82, 2.24) is 4.57 Å². The van der Waals surface area contributed by atoms with E-state index in [1.165, 1.54) is 0 Å². The fourth-order valence-corrected chi connectivity index (χ4v) is 0.841. The normalized spacial score (nSPS) is 9.50. The number of ether oxygens (including phenoxy) is 2. The van der Waals surface area contributed by atoms with Gasteiger partial charge in [-0.05, 0) is 0 Å². The molecule has 3 nitrogen and oxygen atoms in total. The first-order chi connectivity index (χ1) is 4.77. The van der Waals surface area contributed by atoms with Gasteiger partial charge < -0.3 is 14.0 Å². The molecule has 0 saturated heterocycles. The molecule has 3 heteroatoms. The molecule has 0 spiro atoms. The third-order valence-electron chi connectivity index (χ3n) is 1.32. The van der Waals surface area contributed by atoms with Gasteiger partial charge in [0, 0.05) is 19.4 Å². The van der Waals surface area contributed by atoms with Crippen molar-refractivity contribution in [2.75, 3.05) is 14.2 Å². The van der Waals surface area contributed by atoms with E-state index < -0.39 is 0 Å². The van der Waals surface area contributed by atoms with Crippen molar-refractivity contribution in [2.24, 2.45) is 7.05 Å². The van der Waals surface area contributed by atoms with E-state index in [1.54, 1.807) is 14.2 Å². The van der Waals surface area contributed by atoms with Crippen LogP contribution in [-0.2, 0) is 7.05 Å². The maximum Gasteiger partial charge on any atom is 0.178 e. The molecular formula is C7H11NO2. The molecular weight excluding hydrogens is 130 g/mol. The summed E-state index contributed by atoms with van der Waals surface area (Å²) in [5.74, 6) is 1.54. The van der Waals surface area contributed by atoms with Crippen LogP contribution in [0.5, 0.6) is 11.5 Å². The number of nitrogens with zero attached hydrogens (tertiary/aromatic N) is 1. The lowest BCUT2D eigenvalue weighted by Crippen LogP contribution is -1.84. The van der Waals surface area contributed by atoms with Gasteiger partial charge in [-0.3, -0.25) is 0 Å². The fraction of sp³-hybridized carbons (Fsp3) is 0.429. The summed E-state index contributed by atoms with van der Waals surface area (Å²) in [5, 5.41) is 0. The van der Waals surface area contributed by atoms with E-state index in [-0.39, 0.29) is 0 Å². The summed E-state index contributed by atoms with van der Waals surface area (Å²) in [4.78, 5) is 0. The zero-order valence-corrected chi connectivity index (χ0v) is 6.42. The Bertz CT molecular complexity index is 196. The molecule has 1 aromatic heterocycles. The van der Waals surface area contributed by atoms with Crippen molar-refractivity contribution in [3.8, 4) is 11.5 Å². The molecule has 0 aliphatic rings. The van der Waals surface area contributed by atoms with Crippen molar-refractivity contribution < 1.29 is 9.47 Å². The minimum Gasteiger partial charge on any atom is -0.491 e. The fourth-order valence-electron chi connectivity index (χ4n) is 0.841. The van der Waals surface area contributed by atoms with Crippen molar-refractivity contribution in [2.45, 2.75) is 0 Å². The molecule has 0 aliphatic heterocycles. The molecule has 0 radical (unpaired) electrons. The monoisotopic (exact) mass is 141 g/mol. The Labute approximate surface area is 60.2 Å². The Morgan fingerprint density at radius 2 is 1.50 bits per heavy atom. The maximum absolute atomic E-state index is 5.01. The van der Waals surface area contributed by atoms with Crippen LogP contribution in [0.1, 0.15) is 0 Å². The number of aryl methyl sites for hydroxylation is 1. The van der Waals surface area contributed by atoms with E-state index in [0.29, 0.717) is 0 Å². The minimum atomic E-state index is 0.769. The lowest BCUT2D eigenvalue weighted by molar-refractivity contribution is 0.358. The van der Waals surface area contributed by atoms with Crippen LogP contribution < -0.4 is 9.47 Å². The molecule has 0 N–H and O–H groups in total. The molecule has 0 amide bonds. The van der Waals surface area contributed by atoms with Crippen LogP contribution in [-0.4, -0.2) is 18.8 Å². The first-order valence-corrected chi connectivity index (χ1v) is 3.02. The summed E-state index contributed by atoms with van der Waals surface area (Å²) in [6.45, 7) is 0. The number of hydrogen-bond donors (Lipinski definition) is 0. The standard InChI is InChI=1S/C7H11NO2/c1-8-4-6(9-2)7(5-8)10-3/h4-5H,1-3H3. The van der Waals surface area contributed by atoms with Crippen LogP contribution >= 0.6 is 0 Å². The number of aromatic nitrogens is 1. The maximum atomic E-state index is 5.01. The second-order valence-corrected chi connectivity index (χ2v) is 2.06. The molecule has 1 heterocycles. The van der Waals surface area contributed by atoms with Crippen molar-refractivity contribution >= 4 is 0 Å².